The summed E-state index contributed by atoms with van der Waals surface area (Å²) < 4.78 is 47.7. The maximum absolute atomic E-state index is 12.5. The molecule has 4 aromatic rings. The lowest BCUT2D eigenvalue weighted by atomic mass is 10.0. The van der Waals surface area contributed by atoms with Crippen molar-refractivity contribution in [2.75, 3.05) is 6.61 Å². The van der Waals surface area contributed by atoms with E-state index in [2.05, 4.69) is 15.1 Å². The van der Waals surface area contributed by atoms with Gasteiger partial charge in [0, 0.05) is 33.6 Å². The van der Waals surface area contributed by atoms with Crippen LogP contribution in [0.5, 0.6) is 5.75 Å². The molecule has 2 heterocycles. The van der Waals surface area contributed by atoms with Crippen LogP contribution in [0.3, 0.4) is 0 Å². The summed E-state index contributed by atoms with van der Waals surface area (Å²) in [5.74, 6) is -0.756. The number of benzene rings is 2. The van der Waals surface area contributed by atoms with Gasteiger partial charge in [-0.25, -0.2) is 0 Å². The molecule has 2 aromatic heterocycles. The number of ether oxygens (including phenoxy) is 1. The largest absolute Gasteiger partial charge is 0.484 e. The van der Waals surface area contributed by atoms with Gasteiger partial charge in [-0.15, -0.1) is 0 Å². The number of alkyl halides is 3. The number of carboxylic acids is 1. The van der Waals surface area contributed by atoms with Gasteiger partial charge in [0.05, 0.1) is 18.1 Å². The Kier molecular flexibility index (Phi) is 5.43. The third-order valence-electron chi connectivity index (χ3n) is 5.88. The minimum absolute atomic E-state index is 0.0230. The summed E-state index contributed by atoms with van der Waals surface area (Å²) in [5.41, 5.74) is 3.88. The fourth-order valence-corrected chi connectivity index (χ4v) is 4.40. The molecule has 0 spiro atoms. The number of hydrogen-bond acceptors (Lipinski definition) is 6. The number of nitrogens with zero attached hydrogens (tertiary/aromatic N) is 3. The smallest absolute Gasteiger partial charge is 0.422 e. The van der Waals surface area contributed by atoms with Crippen LogP contribution in [0.1, 0.15) is 35.6 Å². The molecule has 0 aliphatic heterocycles. The third kappa shape index (κ3) is 4.55. The molecule has 0 bridgehead atoms. The van der Waals surface area contributed by atoms with Crippen molar-refractivity contribution in [1.29, 1.82) is 5.26 Å². The minimum Gasteiger partial charge on any atom is -0.484 e. The van der Waals surface area contributed by atoms with Gasteiger partial charge >= 0.3 is 12.1 Å². The van der Waals surface area contributed by atoms with Gasteiger partial charge < -0.3 is 19.4 Å². The number of fused-ring (bicyclic) bond motifs is 3. The van der Waals surface area contributed by atoms with Crippen LogP contribution >= 0.6 is 0 Å². The fraction of sp³-hybridized carbons (Fsp3) is 0.250. The maximum Gasteiger partial charge on any atom is 0.422 e. The van der Waals surface area contributed by atoms with Gasteiger partial charge in [-0.05, 0) is 54.8 Å². The lowest BCUT2D eigenvalue weighted by Crippen LogP contribution is -2.19. The van der Waals surface area contributed by atoms with Crippen molar-refractivity contribution >= 4 is 16.9 Å². The van der Waals surface area contributed by atoms with E-state index in [4.69, 9.17) is 14.4 Å². The molecule has 1 aliphatic rings. The Labute approximate surface area is 195 Å². The van der Waals surface area contributed by atoms with Crippen LogP contribution in [0.2, 0.25) is 0 Å². The van der Waals surface area contributed by atoms with Crippen LogP contribution in [0.25, 0.3) is 33.7 Å². The molecule has 5 rings (SSSR count). The second-order valence-corrected chi connectivity index (χ2v) is 8.30. The highest BCUT2D eigenvalue weighted by atomic mass is 19.4. The Balaban J connectivity index is 1.45. The van der Waals surface area contributed by atoms with Crippen LogP contribution in [0.15, 0.2) is 40.9 Å². The van der Waals surface area contributed by atoms with Crippen molar-refractivity contribution in [2.24, 2.45) is 0 Å². The number of carboxylic acid groups (broad SMARTS) is 1. The number of nitriles is 1. The van der Waals surface area contributed by atoms with E-state index >= 15 is 0 Å². The SMILES string of the molecule is N#Cc1cc(OCC(F)(F)F)cc(-c2nc(-c3ccc4[nH]c5c(c4c3)CCC5CC(=O)O)no2)c1. The summed E-state index contributed by atoms with van der Waals surface area (Å²) in [6.45, 7) is -1.50. The first-order valence-corrected chi connectivity index (χ1v) is 10.7. The molecule has 8 nitrogen and oxygen atoms in total. The lowest BCUT2D eigenvalue weighted by molar-refractivity contribution is -0.153. The molecular formula is C24H17F3N4O4. The molecule has 0 saturated heterocycles. The highest BCUT2D eigenvalue weighted by molar-refractivity contribution is 5.89. The first kappa shape index (κ1) is 22.5. The van der Waals surface area contributed by atoms with Crippen molar-refractivity contribution in [1.82, 2.24) is 15.1 Å². The van der Waals surface area contributed by atoms with Crippen LogP contribution in [-0.4, -0.2) is 39.0 Å². The average Bonchev–Trinajstić information content (AvgIpc) is 3.53. The van der Waals surface area contributed by atoms with Gasteiger partial charge in [0.2, 0.25) is 5.82 Å². The van der Waals surface area contributed by atoms with E-state index in [0.29, 0.717) is 5.56 Å². The highest BCUT2D eigenvalue weighted by Gasteiger charge is 2.29. The molecule has 0 radical (unpaired) electrons. The number of aliphatic carboxylic acids is 1. The predicted octanol–water partition coefficient (Wildman–Crippen LogP) is 5.20. The molecule has 178 valence electrons. The molecule has 2 aromatic carbocycles. The van der Waals surface area contributed by atoms with Gasteiger partial charge in [0.15, 0.2) is 6.61 Å². The van der Waals surface area contributed by atoms with Gasteiger partial charge in [-0.3, -0.25) is 4.79 Å². The fourth-order valence-electron chi connectivity index (χ4n) is 4.40. The molecule has 1 atom stereocenters. The molecular weight excluding hydrogens is 465 g/mol. The van der Waals surface area contributed by atoms with Gasteiger partial charge in [0.1, 0.15) is 5.75 Å². The number of rotatable bonds is 6. The standard InChI is InChI=1S/C24H17F3N4O4/c25-24(26,27)11-34-16-6-12(10-28)5-15(7-16)23-30-22(31-35-23)14-2-4-19-18(8-14)17-3-1-13(9-20(32)33)21(17)29-19/h2,4-8,13,29H,1,3,9,11H2,(H,32,33). The summed E-state index contributed by atoms with van der Waals surface area (Å²) >= 11 is 0. The lowest BCUT2D eigenvalue weighted by Gasteiger charge is -2.10. The van der Waals surface area contributed by atoms with E-state index in [-0.39, 0.29) is 40.9 Å². The zero-order valence-corrected chi connectivity index (χ0v) is 18.0. The second-order valence-electron chi connectivity index (χ2n) is 8.30. The van der Waals surface area contributed by atoms with E-state index in [0.717, 1.165) is 35.0 Å². The summed E-state index contributed by atoms with van der Waals surface area (Å²) in [5, 5.41) is 23.3. The first-order valence-electron chi connectivity index (χ1n) is 10.7. The maximum atomic E-state index is 12.5. The molecule has 35 heavy (non-hydrogen) atoms. The third-order valence-corrected chi connectivity index (χ3v) is 5.88. The number of carbonyl (C=O) groups is 1. The average molecular weight is 482 g/mol. The molecule has 2 N–H and O–H groups in total. The van der Waals surface area contributed by atoms with Crippen LogP contribution in [0, 0.1) is 11.3 Å². The topological polar surface area (TPSA) is 125 Å². The number of aryl methyl sites for hydroxylation is 1. The highest BCUT2D eigenvalue weighted by Crippen LogP contribution is 2.40. The molecule has 1 aliphatic carbocycles. The Bertz CT molecular complexity index is 1480. The summed E-state index contributed by atoms with van der Waals surface area (Å²) in [7, 11) is 0. The van der Waals surface area contributed by atoms with E-state index < -0.39 is 18.8 Å². The summed E-state index contributed by atoms with van der Waals surface area (Å²) in [6, 6.07) is 11.3. The molecule has 11 heteroatoms. The predicted molar refractivity (Wildman–Crippen MR) is 117 cm³/mol. The Morgan fingerprint density at radius 1 is 1.26 bits per heavy atom. The van der Waals surface area contributed by atoms with Crippen LogP contribution in [-0.2, 0) is 11.2 Å². The summed E-state index contributed by atoms with van der Waals surface area (Å²) in [6.07, 6.45) is -2.94. The Hall–Kier alpha value is -4.33. The van der Waals surface area contributed by atoms with E-state index in [1.54, 1.807) is 6.07 Å². The molecule has 0 saturated carbocycles. The van der Waals surface area contributed by atoms with Crippen molar-refractivity contribution in [3.8, 4) is 34.7 Å². The van der Waals surface area contributed by atoms with Crippen molar-refractivity contribution in [3.63, 3.8) is 0 Å². The summed E-state index contributed by atoms with van der Waals surface area (Å²) in [4.78, 5) is 18.9. The number of aromatic amines is 1. The Morgan fingerprint density at radius 3 is 2.83 bits per heavy atom. The number of aromatic nitrogens is 3. The first-order chi connectivity index (χ1) is 16.7. The molecule has 0 amide bonds. The van der Waals surface area contributed by atoms with Crippen LogP contribution < -0.4 is 4.74 Å². The monoisotopic (exact) mass is 482 g/mol. The van der Waals surface area contributed by atoms with Gasteiger partial charge in [-0.1, -0.05) is 5.16 Å². The minimum atomic E-state index is -4.52. The second kappa shape index (κ2) is 8.47. The van der Waals surface area contributed by atoms with Crippen LogP contribution in [0.4, 0.5) is 13.2 Å². The van der Waals surface area contributed by atoms with E-state index in [1.165, 1.54) is 18.2 Å². The zero-order chi connectivity index (χ0) is 24.7. The zero-order valence-electron chi connectivity index (χ0n) is 18.0. The number of halogens is 3. The quantitative estimate of drug-likeness (QED) is 0.387. The van der Waals surface area contributed by atoms with E-state index in [1.807, 2.05) is 18.2 Å². The normalized spacial score (nSPS) is 15.2. The molecule has 1 unspecified atom stereocenters. The van der Waals surface area contributed by atoms with Gasteiger partial charge in [0.25, 0.3) is 5.89 Å². The van der Waals surface area contributed by atoms with Crippen molar-refractivity contribution < 1.29 is 32.3 Å². The Morgan fingerprint density at radius 2 is 2.09 bits per heavy atom. The number of nitrogens with one attached hydrogen (secondary N) is 1. The number of H-pyrrole nitrogens is 1. The van der Waals surface area contributed by atoms with Crippen molar-refractivity contribution in [3.05, 3.63) is 53.2 Å². The van der Waals surface area contributed by atoms with E-state index in [9.17, 15) is 23.2 Å². The van der Waals surface area contributed by atoms with Crippen molar-refractivity contribution in [2.45, 2.75) is 31.4 Å². The number of hydrogen-bond donors (Lipinski definition) is 2. The van der Waals surface area contributed by atoms with Gasteiger partial charge in [-0.2, -0.15) is 23.4 Å². The molecule has 0 fully saturated rings.